The van der Waals surface area contributed by atoms with E-state index < -0.39 is 6.10 Å². The highest BCUT2D eigenvalue weighted by molar-refractivity contribution is 9.10. The van der Waals surface area contributed by atoms with Crippen molar-refractivity contribution in [3.8, 4) is 0 Å². The van der Waals surface area contributed by atoms with Crippen LogP contribution in [0.4, 0.5) is 0 Å². The summed E-state index contributed by atoms with van der Waals surface area (Å²) in [5, 5.41) is 10.2. The molecule has 0 bridgehead atoms. The molecule has 84 valence electrons. The number of ether oxygens (including phenoxy) is 1. The Morgan fingerprint density at radius 3 is 3.07 bits per heavy atom. The maximum atomic E-state index is 10.2. The van der Waals surface area contributed by atoms with Crippen molar-refractivity contribution in [2.24, 2.45) is 5.92 Å². The van der Waals surface area contributed by atoms with Crippen LogP contribution in [-0.2, 0) is 4.74 Å². The molecule has 1 aromatic rings. The largest absolute Gasteiger partial charge is 0.465 e. The molecule has 3 nitrogen and oxygen atoms in total. The van der Waals surface area contributed by atoms with Crippen LogP contribution in [0.1, 0.15) is 31.6 Å². The smallest absolute Gasteiger partial charge is 0.146 e. The summed E-state index contributed by atoms with van der Waals surface area (Å²) < 4.78 is 11.7. The SMILES string of the molecule is CCC1OCCC1C(O)c1occc1Br. The van der Waals surface area contributed by atoms with E-state index in [2.05, 4.69) is 22.9 Å². The Bertz CT molecular complexity index is 323. The van der Waals surface area contributed by atoms with Crippen molar-refractivity contribution in [1.29, 1.82) is 0 Å². The fourth-order valence-electron chi connectivity index (χ4n) is 2.16. The van der Waals surface area contributed by atoms with Gasteiger partial charge < -0.3 is 14.3 Å². The second-order valence-electron chi connectivity index (χ2n) is 3.85. The molecule has 3 atom stereocenters. The van der Waals surface area contributed by atoms with Crippen molar-refractivity contribution in [3.63, 3.8) is 0 Å². The summed E-state index contributed by atoms with van der Waals surface area (Å²) in [5.41, 5.74) is 0. The average Bonchev–Trinajstić information content (AvgIpc) is 2.84. The van der Waals surface area contributed by atoms with Crippen molar-refractivity contribution in [1.82, 2.24) is 0 Å². The highest BCUT2D eigenvalue weighted by atomic mass is 79.9. The van der Waals surface area contributed by atoms with Crippen LogP contribution in [0.15, 0.2) is 21.2 Å². The van der Waals surface area contributed by atoms with Crippen LogP contribution < -0.4 is 0 Å². The second kappa shape index (κ2) is 4.68. The number of furan rings is 1. The third-order valence-corrected chi connectivity index (χ3v) is 3.64. The molecule has 0 saturated carbocycles. The Morgan fingerprint density at radius 1 is 1.67 bits per heavy atom. The zero-order chi connectivity index (χ0) is 10.8. The lowest BCUT2D eigenvalue weighted by Gasteiger charge is -2.21. The highest BCUT2D eigenvalue weighted by Crippen LogP contribution is 2.37. The molecule has 1 aliphatic heterocycles. The monoisotopic (exact) mass is 274 g/mol. The molecule has 15 heavy (non-hydrogen) atoms. The van der Waals surface area contributed by atoms with E-state index in [1.54, 1.807) is 12.3 Å². The molecule has 1 saturated heterocycles. The Kier molecular flexibility index (Phi) is 3.49. The van der Waals surface area contributed by atoms with E-state index in [1.165, 1.54) is 0 Å². The summed E-state index contributed by atoms with van der Waals surface area (Å²) in [6.45, 7) is 2.81. The van der Waals surface area contributed by atoms with Gasteiger partial charge in [-0.3, -0.25) is 0 Å². The first-order valence-corrected chi connectivity index (χ1v) is 6.06. The third-order valence-electron chi connectivity index (χ3n) is 2.98. The van der Waals surface area contributed by atoms with Gasteiger partial charge in [0.25, 0.3) is 0 Å². The van der Waals surface area contributed by atoms with Crippen LogP contribution in [0, 0.1) is 5.92 Å². The van der Waals surface area contributed by atoms with Crippen molar-refractivity contribution < 1.29 is 14.3 Å². The maximum absolute atomic E-state index is 10.2. The molecule has 1 aliphatic rings. The summed E-state index contributed by atoms with van der Waals surface area (Å²) in [5.74, 6) is 0.765. The van der Waals surface area contributed by atoms with E-state index in [1.807, 2.05) is 0 Å². The van der Waals surface area contributed by atoms with Gasteiger partial charge in [-0.2, -0.15) is 0 Å². The number of rotatable bonds is 3. The van der Waals surface area contributed by atoms with Crippen LogP contribution in [0.25, 0.3) is 0 Å². The van der Waals surface area contributed by atoms with Gasteiger partial charge in [-0.1, -0.05) is 6.92 Å². The van der Waals surface area contributed by atoms with Gasteiger partial charge in [0.2, 0.25) is 0 Å². The van der Waals surface area contributed by atoms with Gasteiger partial charge in [-0.05, 0) is 34.8 Å². The maximum Gasteiger partial charge on any atom is 0.146 e. The van der Waals surface area contributed by atoms with E-state index >= 15 is 0 Å². The zero-order valence-corrected chi connectivity index (χ0v) is 10.2. The van der Waals surface area contributed by atoms with Gasteiger partial charge in [0.1, 0.15) is 11.9 Å². The molecular weight excluding hydrogens is 260 g/mol. The second-order valence-corrected chi connectivity index (χ2v) is 4.70. The minimum Gasteiger partial charge on any atom is -0.465 e. The summed E-state index contributed by atoms with van der Waals surface area (Å²) in [6.07, 6.45) is 2.99. The average molecular weight is 275 g/mol. The molecule has 1 fully saturated rings. The predicted molar refractivity (Wildman–Crippen MR) is 59.5 cm³/mol. The number of hydrogen-bond donors (Lipinski definition) is 1. The van der Waals surface area contributed by atoms with Gasteiger partial charge in [-0.25, -0.2) is 0 Å². The summed E-state index contributed by atoms with van der Waals surface area (Å²) in [4.78, 5) is 0. The first kappa shape index (κ1) is 11.2. The minimum absolute atomic E-state index is 0.150. The quantitative estimate of drug-likeness (QED) is 0.922. The molecule has 4 heteroatoms. The molecule has 0 aromatic carbocycles. The number of aliphatic hydroxyl groups excluding tert-OH is 1. The van der Waals surface area contributed by atoms with Gasteiger partial charge >= 0.3 is 0 Å². The molecule has 0 radical (unpaired) electrons. The summed E-state index contributed by atoms with van der Waals surface area (Å²) >= 11 is 3.36. The topological polar surface area (TPSA) is 42.6 Å². The summed E-state index contributed by atoms with van der Waals surface area (Å²) in [7, 11) is 0. The number of halogens is 1. The van der Waals surface area contributed by atoms with Crippen molar-refractivity contribution in [3.05, 3.63) is 22.6 Å². The highest BCUT2D eigenvalue weighted by Gasteiger charge is 2.35. The predicted octanol–water partition coefficient (Wildman–Crippen LogP) is 2.89. The Balaban J connectivity index is 2.13. The lowest BCUT2D eigenvalue weighted by molar-refractivity contribution is 0.0206. The first-order chi connectivity index (χ1) is 7.24. The standard InChI is InChI=1S/C11H15BrO3/c1-2-9-7(3-5-14-9)10(13)11-8(12)4-6-15-11/h4,6-7,9-10,13H,2-3,5H2,1H3. The van der Waals surface area contributed by atoms with E-state index in [0.29, 0.717) is 5.76 Å². The number of hydrogen-bond acceptors (Lipinski definition) is 3. The minimum atomic E-state index is -0.568. The van der Waals surface area contributed by atoms with Gasteiger partial charge in [0, 0.05) is 12.5 Å². The molecule has 0 spiro atoms. The van der Waals surface area contributed by atoms with Crippen LogP contribution in [0.2, 0.25) is 0 Å². The molecule has 2 rings (SSSR count). The van der Waals surface area contributed by atoms with Crippen LogP contribution in [-0.4, -0.2) is 17.8 Å². The van der Waals surface area contributed by atoms with Gasteiger partial charge in [-0.15, -0.1) is 0 Å². The normalized spacial score (nSPS) is 28.2. The Morgan fingerprint density at radius 2 is 2.47 bits per heavy atom. The van der Waals surface area contributed by atoms with Crippen LogP contribution in [0.5, 0.6) is 0 Å². The fraction of sp³-hybridized carbons (Fsp3) is 0.636. The molecule has 1 aromatic heterocycles. The third kappa shape index (κ3) is 2.12. The molecule has 0 amide bonds. The Labute approximate surface area is 97.5 Å². The number of aliphatic hydroxyl groups is 1. The van der Waals surface area contributed by atoms with Crippen LogP contribution in [0.3, 0.4) is 0 Å². The lowest BCUT2D eigenvalue weighted by Crippen LogP contribution is -2.21. The first-order valence-electron chi connectivity index (χ1n) is 5.26. The van der Waals surface area contributed by atoms with Gasteiger partial charge in [0.05, 0.1) is 16.8 Å². The van der Waals surface area contributed by atoms with E-state index in [9.17, 15) is 5.11 Å². The van der Waals surface area contributed by atoms with Crippen molar-refractivity contribution in [2.75, 3.05) is 6.61 Å². The van der Waals surface area contributed by atoms with Crippen molar-refractivity contribution in [2.45, 2.75) is 32.0 Å². The molecule has 2 heterocycles. The molecule has 3 unspecified atom stereocenters. The summed E-state index contributed by atoms with van der Waals surface area (Å²) in [6, 6.07) is 1.80. The van der Waals surface area contributed by atoms with Gasteiger partial charge in [0.15, 0.2) is 0 Å². The molecule has 1 N–H and O–H groups in total. The van der Waals surface area contributed by atoms with Crippen LogP contribution >= 0.6 is 15.9 Å². The lowest BCUT2D eigenvalue weighted by atomic mass is 9.92. The Hall–Kier alpha value is -0.320. The van der Waals surface area contributed by atoms with E-state index in [4.69, 9.17) is 9.15 Å². The zero-order valence-electron chi connectivity index (χ0n) is 8.65. The molecular formula is C11H15BrO3. The van der Waals surface area contributed by atoms with Crippen molar-refractivity contribution >= 4 is 15.9 Å². The van der Waals surface area contributed by atoms with E-state index in [0.717, 1.165) is 23.9 Å². The van der Waals surface area contributed by atoms with E-state index in [-0.39, 0.29) is 12.0 Å². The molecule has 0 aliphatic carbocycles. The fourth-order valence-corrected chi connectivity index (χ4v) is 2.59.